The Labute approximate surface area is 136 Å². The van der Waals surface area contributed by atoms with Crippen LogP contribution in [0.15, 0.2) is 42.5 Å². The Morgan fingerprint density at radius 2 is 1.96 bits per heavy atom. The van der Waals surface area contributed by atoms with Crippen molar-refractivity contribution in [3.05, 3.63) is 53.6 Å². The Balaban J connectivity index is 2.21. The predicted octanol–water partition coefficient (Wildman–Crippen LogP) is 4.29. The van der Waals surface area contributed by atoms with Crippen LogP contribution in [-0.2, 0) is 6.54 Å². The Kier molecular flexibility index (Phi) is 5.57. The van der Waals surface area contributed by atoms with Gasteiger partial charge in [0, 0.05) is 6.07 Å². The second-order valence-electron chi connectivity index (χ2n) is 5.46. The quantitative estimate of drug-likeness (QED) is 0.864. The first-order valence-corrected chi connectivity index (χ1v) is 7.65. The van der Waals surface area contributed by atoms with Crippen LogP contribution in [0.5, 0.6) is 5.88 Å². The number of ether oxygens (including phenoxy) is 1. The van der Waals surface area contributed by atoms with Gasteiger partial charge in [0.2, 0.25) is 5.88 Å². The van der Waals surface area contributed by atoms with E-state index in [0.717, 1.165) is 12.0 Å². The van der Waals surface area contributed by atoms with Crippen LogP contribution < -0.4 is 9.64 Å². The van der Waals surface area contributed by atoms with Crippen molar-refractivity contribution >= 4 is 11.9 Å². The van der Waals surface area contributed by atoms with Crippen LogP contribution in [0.2, 0.25) is 0 Å². The molecule has 0 aliphatic carbocycles. The Bertz CT molecular complexity index is 656. The van der Waals surface area contributed by atoms with Crippen LogP contribution >= 0.6 is 0 Å². The highest BCUT2D eigenvalue weighted by atomic mass is 16.5. The standard InChI is InChI=1S/C18H22N2O3/c1-4-13(2)15-10-8-14(9-11-15)12-20(18(21)22)16-6-5-7-17(19-16)23-3/h5-11,13H,4,12H2,1-3H3,(H,21,22). The van der Waals surface area contributed by atoms with Gasteiger partial charge in [-0.2, -0.15) is 4.98 Å². The third-order valence-corrected chi connectivity index (χ3v) is 3.93. The van der Waals surface area contributed by atoms with E-state index in [0.29, 0.717) is 17.6 Å². The van der Waals surface area contributed by atoms with Crippen LogP contribution in [0.4, 0.5) is 10.6 Å². The molecule has 1 aromatic heterocycles. The van der Waals surface area contributed by atoms with Crippen LogP contribution in [-0.4, -0.2) is 23.3 Å². The second kappa shape index (κ2) is 7.63. The molecule has 2 aromatic rings. The fourth-order valence-corrected chi connectivity index (χ4v) is 2.28. The van der Waals surface area contributed by atoms with Crippen molar-refractivity contribution < 1.29 is 14.6 Å². The van der Waals surface area contributed by atoms with E-state index in [1.165, 1.54) is 17.6 Å². The monoisotopic (exact) mass is 314 g/mol. The van der Waals surface area contributed by atoms with Crippen molar-refractivity contribution in [1.82, 2.24) is 4.98 Å². The first kappa shape index (κ1) is 16.8. The Morgan fingerprint density at radius 1 is 1.26 bits per heavy atom. The lowest BCUT2D eigenvalue weighted by Crippen LogP contribution is -2.29. The molecule has 1 amide bonds. The third kappa shape index (κ3) is 4.22. The zero-order chi connectivity index (χ0) is 16.8. The van der Waals surface area contributed by atoms with Crippen LogP contribution in [0.1, 0.15) is 37.3 Å². The lowest BCUT2D eigenvalue weighted by molar-refractivity contribution is 0.201. The molecule has 0 spiro atoms. The molecule has 1 aromatic carbocycles. The Morgan fingerprint density at radius 3 is 2.52 bits per heavy atom. The van der Waals surface area contributed by atoms with Crippen molar-refractivity contribution in [3.8, 4) is 5.88 Å². The summed E-state index contributed by atoms with van der Waals surface area (Å²) in [6, 6.07) is 13.1. The van der Waals surface area contributed by atoms with Gasteiger partial charge in [0.15, 0.2) is 0 Å². The summed E-state index contributed by atoms with van der Waals surface area (Å²) in [6.45, 7) is 4.58. The van der Waals surface area contributed by atoms with Gasteiger partial charge in [0.1, 0.15) is 5.82 Å². The lowest BCUT2D eigenvalue weighted by Gasteiger charge is -2.19. The van der Waals surface area contributed by atoms with E-state index in [1.54, 1.807) is 18.2 Å². The number of rotatable bonds is 6. The van der Waals surface area contributed by atoms with Gasteiger partial charge < -0.3 is 9.84 Å². The van der Waals surface area contributed by atoms with E-state index in [4.69, 9.17) is 4.74 Å². The molecule has 122 valence electrons. The number of carboxylic acid groups (broad SMARTS) is 1. The Hall–Kier alpha value is -2.56. The number of nitrogens with zero attached hydrogens (tertiary/aromatic N) is 2. The average Bonchev–Trinajstić information content (AvgIpc) is 2.59. The SMILES string of the molecule is CCC(C)c1ccc(CN(C(=O)O)c2cccc(OC)n2)cc1. The number of hydrogen-bond acceptors (Lipinski definition) is 3. The number of hydrogen-bond donors (Lipinski definition) is 1. The number of aromatic nitrogens is 1. The summed E-state index contributed by atoms with van der Waals surface area (Å²) in [6.07, 6.45) is 0.0330. The number of carbonyl (C=O) groups is 1. The maximum atomic E-state index is 11.6. The lowest BCUT2D eigenvalue weighted by atomic mass is 9.97. The number of pyridine rings is 1. The molecule has 0 bridgehead atoms. The maximum Gasteiger partial charge on any atom is 0.413 e. The minimum Gasteiger partial charge on any atom is -0.481 e. The van der Waals surface area contributed by atoms with Crippen molar-refractivity contribution in [2.24, 2.45) is 0 Å². The fraction of sp³-hybridized carbons (Fsp3) is 0.333. The van der Waals surface area contributed by atoms with Crippen LogP contribution in [0.3, 0.4) is 0 Å². The minimum absolute atomic E-state index is 0.246. The van der Waals surface area contributed by atoms with Crippen LogP contribution in [0, 0.1) is 0 Å². The number of amides is 1. The van der Waals surface area contributed by atoms with E-state index >= 15 is 0 Å². The van der Waals surface area contributed by atoms with Crippen molar-refractivity contribution in [1.29, 1.82) is 0 Å². The van der Waals surface area contributed by atoms with Gasteiger partial charge in [-0.25, -0.2) is 4.79 Å². The van der Waals surface area contributed by atoms with Gasteiger partial charge in [0.25, 0.3) is 0 Å². The van der Waals surface area contributed by atoms with Gasteiger partial charge in [-0.3, -0.25) is 4.90 Å². The van der Waals surface area contributed by atoms with Crippen molar-refractivity contribution in [2.75, 3.05) is 12.0 Å². The average molecular weight is 314 g/mol. The zero-order valence-corrected chi connectivity index (χ0v) is 13.7. The summed E-state index contributed by atoms with van der Waals surface area (Å²) in [5.41, 5.74) is 2.18. The summed E-state index contributed by atoms with van der Waals surface area (Å²) in [7, 11) is 1.50. The van der Waals surface area contributed by atoms with E-state index in [2.05, 4.69) is 31.0 Å². The molecule has 0 aliphatic heterocycles. The van der Waals surface area contributed by atoms with Crippen molar-refractivity contribution in [3.63, 3.8) is 0 Å². The molecule has 0 aliphatic rings. The highest BCUT2D eigenvalue weighted by Crippen LogP contribution is 2.21. The summed E-state index contributed by atoms with van der Waals surface area (Å²) in [5.74, 6) is 1.24. The molecule has 1 heterocycles. The molecule has 1 unspecified atom stereocenters. The van der Waals surface area contributed by atoms with Gasteiger partial charge in [-0.1, -0.05) is 44.2 Å². The van der Waals surface area contributed by atoms with E-state index < -0.39 is 6.09 Å². The molecule has 0 saturated carbocycles. The molecule has 0 fully saturated rings. The van der Waals surface area contributed by atoms with Gasteiger partial charge >= 0.3 is 6.09 Å². The molecular weight excluding hydrogens is 292 g/mol. The highest BCUT2D eigenvalue weighted by molar-refractivity contribution is 5.84. The molecule has 0 radical (unpaired) electrons. The zero-order valence-electron chi connectivity index (χ0n) is 13.7. The maximum absolute atomic E-state index is 11.6. The second-order valence-corrected chi connectivity index (χ2v) is 5.46. The number of anilines is 1. The summed E-state index contributed by atoms with van der Waals surface area (Å²) in [4.78, 5) is 17.0. The third-order valence-electron chi connectivity index (χ3n) is 3.93. The smallest absolute Gasteiger partial charge is 0.413 e. The molecule has 2 rings (SSSR count). The first-order chi connectivity index (χ1) is 11.0. The summed E-state index contributed by atoms with van der Waals surface area (Å²) in [5, 5.41) is 9.48. The molecule has 1 N–H and O–H groups in total. The summed E-state index contributed by atoms with van der Waals surface area (Å²) < 4.78 is 5.06. The normalized spacial score (nSPS) is 11.8. The topological polar surface area (TPSA) is 62.7 Å². The van der Waals surface area contributed by atoms with Gasteiger partial charge in [-0.05, 0) is 29.5 Å². The molecule has 1 atom stereocenters. The highest BCUT2D eigenvalue weighted by Gasteiger charge is 2.17. The van der Waals surface area contributed by atoms with Gasteiger partial charge in [-0.15, -0.1) is 0 Å². The largest absolute Gasteiger partial charge is 0.481 e. The fourth-order valence-electron chi connectivity index (χ4n) is 2.28. The molecule has 5 nitrogen and oxygen atoms in total. The van der Waals surface area contributed by atoms with E-state index in [9.17, 15) is 9.90 Å². The summed E-state index contributed by atoms with van der Waals surface area (Å²) >= 11 is 0. The van der Waals surface area contributed by atoms with Gasteiger partial charge in [0.05, 0.1) is 13.7 Å². The number of methoxy groups -OCH3 is 1. The van der Waals surface area contributed by atoms with Crippen LogP contribution in [0.25, 0.3) is 0 Å². The molecule has 5 heteroatoms. The predicted molar refractivity (Wildman–Crippen MR) is 90.1 cm³/mol. The van der Waals surface area contributed by atoms with E-state index in [-0.39, 0.29) is 6.54 Å². The number of benzene rings is 1. The van der Waals surface area contributed by atoms with E-state index in [1.807, 2.05) is 12.1 Å². The first-order valence-electron chi connectivity index (χ1n) is 7.65. The minimum atomic E-state index is -1.04. The molecule has 23 heavy (non-hydrogen) atoms. The molecule has 0 saturated heterocycles. The molecular formula is C18H22N2O3. The van der Waals surface area contributed by atoms with Crippen molar-refractivity contribution in [2.45, 2.75) is 32.7 Å².